The summed E-state index contributed by atoms with van der Waals surface area (Å²) in [5, 5.41) is 12.1. The Labute approximate surface area is 84.3 Å². The maximum absolute atomic E-state index is 8.78. The Morgan fingerprint density at radius 2 is 2.07 bits per heavy atom. The van der Waals surface area contributed by atoms with Crippen LogP contribution in [-0.2, 0) is 12.8 Å². The van der Waals surface area contributed by atoms with Crippen molar-refractivity contribution < 1.29 is 5.21 Å². The minimum Gasteiger partial charge on any atom is -0.411 e. The van der Waals surface area contributed by atoms with E-state index in [1.54, 1.807) is 0 Å². The van der Waals surface area contributed by atoms with Gasteiger partial charge in [0.25, 0.3) is 0 Å². The number of fused-ring (bicyclic) bond motifs is 1. The topological polar surface area (TPSA) is 32.6 Å². The molecule has 0 heterocycles. The van der Waals surface area contributed by atoms with Crippen molar-refractivity contribution in [3.8, 4) is 0 Å². The first-order chi connectivity index (χ1) is 6.83. The highest BCUT2D eigenvalue weighted by atomic mass is 16.4. The first-order valence-corrected chi connectivity index (χ1v) is 5.12. The molecule has 0 amide bonds. The molecule has 0 fully saturated rings. The first kappa shape index (κ1) is 9.25. The third-order valence-corrected chi connectivity index (χ3v) is 2.94. The van der Waals surface area contributed by atoms with Crippen LogP contribution in [0, 0.1) is 0 Å². The molecule has 0 unspecified atom stereocenters. The fourth-order valence-electron chi connectivity index (χ4n) is 2.17. The Morgan fingerprint density at radius 1 is 1.29 bits per heavy atom. The number of aryl methyl sites for hydroxylation is 1. The molecule has 2 nitrogen and oxygen atoms in total. The Kier molecular flexibility index (Phi) is 2.53. The molecule has 1 aromatic carbocycles. The number of rotatable bonds is 1. The minimum atomic E-state index is 0.726. The molecule has 0 radical (unpaired) electrons. The standard InChI is InChI=1S/C12H15NO/c1-9(13-14)11-8-4-6-10-5-2-3-7-12(10)11/h4,6,8,14H,2-3,5,7H2,1H3/b13-9-. The molecule has 0 saturated heterocycles. The van der Waals surface area contributed by atoms with Crippen molar-refractivity contribution in [3.63, 3.8) is 0 Å². The average molecular weight is 189 g/mol. The molecule has 1 aliphatic carbocycles. The second kappa shape index (κ2) is 3.82. The summed E-state index contributed by atoms with van der Waals surface area (Å²) in [6.45, 7) is 1.85. The predicted molar refractivity (Wildman–Crippen MR) is 57.1 cm³/mol. The Bertz CT molecular complexity index is 369. The summed E-state index contributed by atoms with van der Waals surface area (Å²) >= 11 is 0. The largest absolute Gasteiger partial charge is 0.411 e. The summed E-state index contributed by atoms with van der Waals surface area (Å²) in [5.41, 5.74) is 4.65. The molecule has 0 saturated carbocycles. The van der Waals surface area contributed by atoms with Crippen LogP contribution in [0.15, 0.2) is 23.4 Å². The van der Waals surface area contributed by atoms with Crippen LogP contribution in [-0.4, -0.2) is 10.9 Å². The van der Waals surface area contributed by atoms with Crippen molar-refractivity contribution in [2.45, 2.75) is 32.6 Å². The van der Waals surface area contributed by atoms with Crippen LogP contribution in [0.3, 0.4) is 0 Å². The van der Waals surface area contributed by atoms with Crippen molar-refractivity contribution in [2.24, 2.45) is 5.16 Å². The van der Waals surface area contributed by atoms with E-state index in [0.717, 1.165) is 17.7 Å². The molecule has 2 rings (SSSR count). The van der Waals surface area contributed by atoms with Crippen molar-refractivity contribution in [1.82, 2.24) is 0 Å². The van der Waals surface area contributed by atoms with Crippen LogP contribution in [0.2, 0.25) is 0 Å². The molecule has 0 aromatic heterocycles. The molecule has 1 N–H and O–H groups in total. The Balaban J connectivity index is 2.50. The monoisotopic (exact) mass is 189 g/mol. The van der Waals surface area contributed by atoms with Gasteiger partial charge in [0, 0.05) is 5.56 Å². The van der Waals surface area contributed by atoms with E-state index in [9.17, 15) is 0 Å². The number of oxime groups is 1. The molecule has 14 heavy (non-hydrogen) atoms. The lowest BCUT2D eigenvalue weighted by molar-refractivity contribution is 0.319. The third kappa shape index (κ3) is 1.52. The first-order valence-electron chi connectivity index (χ1n) is 5.12. The maximum atomic E-state index is 8.78. The normalized spacial score (nSPS) is 16.5. The molecular formula is C12H15NO. The van der Waals surface area contributed by atoms with Crippen molar-refractivity contribution in [3.05, 3.63) is 34.9 Å². The summed E-state index contributed by atoms with van der Waals surface area (Å²) in [7, 11) is 0. The summed E-state index contributed by atoms with van der Waals surface area (Å²) in [6.07, 6.45) is 4.83. The molecule has 0 atom stereocenters. The van der Waals surface area contributed by atoms with E-state index in [2.05, 4.69) is 11.2 Å². The van der Waals surface area contributed by atoms with E-state index >= 15 is 0 Å². The van der Waals surface area contributed by atoms with Gasteiger partial charge in [-0.05, 0) is 43.7 Å². The van der Waals surface area contributed by atoms with Gasteiger partial charge in [-0.25, -0.2) is 0 Å². The van der Waals surface area contributed by atoms with Crippen LogP contribution in [0.1, 0.15) is 36.5 Å². The van der Waals surface area contributed by atoms with Gasteiger partial charge >= 0.3 is 0 Å². The summed E-state index contributed by atoms with van der Waals surface area (Å²) in [5.74, 6) is 0. The van der Waals surface area contributed by atoms with Gasteiger partial charge in [0.1, 0.15) is 0 Å². The van der Waals surface area contributed by atoms with Crippen molar-refractivity contribution >= 4 is 5.71 Å². The fourth-order valence-corrected chi connectivity index (χ4v) is 2.17. The smallest absolute Gasteiger partial charge is 0.0839 e. The minimum absolute atomic E-state index is 0.726. The zero-order valence-electron chi connectivity index (χ0n) is 8.45. The van der Waals surface area contributed by atoms with E-state index < -0.39 is 0 Å². The predicted octanol–water partition coefficient (Wildman–Crippen LogP) is 2.76. The van der Waals surface area contributed by atoms with Crippen LogP contribution in [0.5, 0.6) is 0 Å². The SMILES string of the molecule is C/C(=N/O)c1cccc2c1CCCC2. The molecule has 1 aliphatic rings. The highest BCUT2D eigenvalue weighted by Crippen LogP contribution is 2.24. The summed E-state index contributed by atoms with van der Waals surface area (Å²) < 4.78 is 0. The van der Waals surface area contributed by atoms with Crippen LogP contribution < -0.4 is 0 Å². The lowest BCUT2D eigenvalue weighted by Gasteiger charge is -2.18. The van der Waals surface area contributed by atoms with Crippen LogP contribution >= 0.6 is 0 Å². The fraction of sp³-hybridized carbons (Fsp3) is 0.417. The van der Waals surface area contributed by atoms with E-state index in [1.165, 1.54) is 30.4 Å². The summed E-state index contributed by atoms with van der Waals surface area (Å²) in [4.78, 5) is 0. The van der Waals surface area contributed by atoms with E-state index in [-0.39, 0.29) is 0 Å². The zero-order valence-corrected chi connectivity index (χ0v) is 8.45. The highest BCUT2D eigenvalue weighted by molar-refractivity contribution is 5.99. The second-order valence-corrected chi connectivity index (χ2v) is 3.84. The van der Waals surface area contributed by atoms with Crippen LogP contribution in [0.25, 0.3) is 0 Å². The van der Waals surface area contributed by atoms with Crippen molar-refractivity contribution in [2.75, 3.05) is 0 Å². The van der Waals surface area contributed by atoms with E-state index in [4.69, 9.17) is 5.21 Å². The number of hydrogen-bond acceptors (Lipinski definition) is 2. The number of nitrogens with zero attached hydrogens (tertiary/aromatic N) is 1. The second-order valence-electron chi connectivity index (χ2n) is 3.84. The summed E-state index contributed by atoms with van der Waals surface area (Å²) in [6, 6.07) is 6.27. The lowest BCUT2D eigenvalue weighted by atomic mass is 9.87. The maximum Gasteiger partial charge on any atom is 0.0839 e. The Morgan fingerprint density at radius 3 is 2.86 bits per heavy atom. The molecular weight excluding hydrogens is 174 g/mol. The van der Waals surface area contributed by atoms with Gasteiger partial charge in [0.05, 0.1) is 5.71 Å². The quantitative estimate of drug-likeness (QED) is 0.411. The van der Waals surface area contributed by atoms with Crippen molar-refractivity contribution in [1.29, 1.82) is 0 Å². The number of benzene rings is 1. The molecule has 2 heteroatoms. The van der Waals surface area contributed by atoms with Gasteiger partial charge in [0.15, 0.2) is 0 Å². The lowest BCUT2D eigenvalue weighted by Crippen LogP contribution is -2.09. The van der Waals surface area contributed by atoms with Gasteiger partial charge < -0.3 is 5.21 Å². The van der Waals surface area contributed by atoms with Gasteiger partial charge in [-0.1, -0.05) is 23.4 Å². The number of hydrogen-bond donors (Lipinski definition) is 1. The highest BCUT2D eigenvalue weighted by Gasteiger charge is 2.13. The molecule has 0 spiro atoms. The van der Waals surface area contributed by atoms with Gasteiger partial charge in [-0.3, -0.25) is 0 Å². The van der Waals surface area contributed by atoms with E-state index in [0.29, 0.717) is 0 Å². The zero-order chi connectivity index (χ0) is 9.97. The van der Waals surface area contributed by atoms with Gasteiger partial charge in [-0.2, -0.15) is 0 Å². The van der Waals surface area contributed by atoms with E-state index in [1.807, 2.05) is 19.1 Å². The van der Waals surface area contributed by atoms with Gasteiger partial charge in [-0.15, -0.1) is 0 Å². The molecule has 0 bridgehead atoms. The average Bonchev–Trinajstić information content (AvgIpc) is 2.27. The van der Waals surface area contributed by atoms with Gasteiger partial charge in [0.2, 0.25) is 0 Å². The molecule has 1 aromatic rings. The molecule has 74 valence electrons. The molecule has 0 aliphatic heterocycles. The Hall–Kier alpha value is -1.31. The third-order valence-electron chi connectivity index (χ3n) is 2.94. The van der Waals surface area contributed by atoms with Crippen LogP contribution in [0.4, 0.5) is 0 Å².